The summed E-state index contributed by atoms with van der Waals surface area (Å²) in [4.78, 5) is 11.9. The molecule has 0 fully saturated rings. The van der Waals surface area contributed by atoms with E-state index >= 15 is 0 Å². The number of carbonyl (C=O) groups is 1. The van der Waals surface area contributed by atoms with Crippen LogP contribution in [0.3, 0.4) is 0 Å². The fourth-order valence-corrected chi connectivity index (χ4v) is 3.08. The van der Waals surface area contributed by atoms with Gasteiger partial charge in [-0.15, -0.1) is 0 Å². The normalized spacial score (nSPS) is 10.7. The summed E-state index contributed by atoms with van der Waals surface area (Å²) in [6.45, 7) is 2.46. The molecule has 0 spiro atoms. The van der Waals surface area contributed by atoms with Crippen molar-refractivity contribution in [2.45, 2.75) is 13.5 Å². The van der Waals surface area contributed by atoms with Gasteiger partial charge in [-0.3, -0.25) is 4.79 Å². The van der Waals surface area contributed by atoms with Gasteiger partial charge in [0.25, 0.3) is 5.91 Å². The van der Waals surface area contributed by atoms with Crippen molar-refractivity contribution < 1.29 is 19.0 Å². The molecule has 6 nitrogen and oxygen atoms in total. The van der Waals surface area contributed by atoms with Crippen molar-refractivity contribution in [1.82, 2.24) is 5.43 Å². The summed E-state index contributed by atoms with van der Waals surface area (Å²) >= 11 is 12.3. The molecule has 0 unspecified atom stereocenters. The van der Waals surface area contributed by atoms with Crippen LogP contribution in [-0.4, -0.2) is 25.3 Å². The summed E-state index contributed by atoms with van der Waals surface area (Å²) in [7, 11) is 0. The standard InChI is InChI=1S/C24H22Cl2N2O4/c1-2-30-22-13-18(14-27-28-23(29)16-31-20-6-4-3-5-7-20)12-21(26)24(22)32-15-17-8-10-19(25)11-9-17/h3-14H,2,15-16H2,1H3,(H,28,29)/b27-14-. The van der Waals surface area contributed by atoms with Crippen LogP contribution < -0.4 is 19.6 Å². The van der Waals surface area contributed by atoms with Gasteiger partial charge in [-0.05, 0) is 54.4 Å². The molecule has 1 amide bonds. The first-order chi connectivity index (χ1) is 15.5. The molecular formula is C24H22Cl2N2O4. The largest absolute Gasteiger partial charge is 0.490 e. The lowest BCUT2D eigenvalue weighted by molar-refractivity contribution is -0.123. The number of hydrazone groups is 1. The van der Waals surface area contributed by atoms with Crippen LogP contribution in [0.15, 0.2) is 71.8 Å². The number of carbonyl (C=O) groups excluding carboxylic acids is 1. The predicted molar refractivity (Wildman–Crippen MR) is 126 cm³/mol. The molecule has 0 aliphatic carbocycles. The van der Waals surface area contributed by atoms with E-state index in [-0.39, 0.29) is 12.5 Å². The lowest BCUT2D eigenvalue weighted by Gasteiger charge is -2.14. The molecule has 0 aliphatic heterocycles. The first-order valence-electron chi connectivity index (χ1n) is 9.88. The Morgan fingerprint density at radius 2 is 1.75 bits per heavy atom. The highest BCUT2D eigenvalue weighted by Gasteiger charge is 2.13. The first kappa shape index (κ1) is 23.4. The average Bonchev–Trinajstić information content (AvgIpc) is 2.79. The summed E-state index contributed by atoms with van der Waals surface area (Å²) < 4.78 is 16.9. The van der Waals surface area contributed by atoms with E-state index in [0.29, 0.717) is 46.1 Å². The van der Waals surface area contributed by atoms with Crippen molar-refractivity contribution in [3.63, 3.8) is 0 Å². The predicted octanol–water partition coefficient (Wildman–Crippen LogP) is 5.50. The van der Waals surface area contributed by atoms with Gasteiger partial charge in [-0.1, -0.05) is 53.5 Å². The number of hydrogen-bond donors (Lipinski definition) is 1. The lowest BCUT2D eigenvalue weighted by Crippen LogP contribution is -2.24. The molecule has 0 aromatic heterocycles. The monoisotopic (exact) mass is 472 g/mol. The van der Waals surface area contributed by atoms with Gasteiger partial charge < -0.3 is 14.2 Å². The van der Waals surface area contributed by atoms with Crippen molar-refractivity contribution in [2.75, 3.05) is 13.2 Å². The number of amides is 1. The molecular weight excluding hydrogens is 451 g/mol. The van der Waals surface area contributed by atoms with Gasteiger partial charge in [-0.2, -0.15) is 5.10 Å². The minimum atomic E-state index is -0.385. The molecule has 3 aromatic carbocycles. The summed E-state index contributed by atoms with van der Waals surface area (Å²) in [5.41, 5.74) is 4.00. The molecule has 0 atom stereocenters. The number of halogens is 2. The molecule has 3 rings (SSSR count). The molecule has 0 saturated heterocycles. The van der Waals surface area contributed by atoms with Crippen LogP contribution in [-0.2, 0) is 11.4 Å². The Bertz CT molecular complexity index is 1060. The average molecular weight is 473 g/mol. The maximum atomic E-state index is 11.9. The van der Waals surface area contributed by atoms with E-state index in [4.69, 9.17) is 37.4 Å². The zero-order chi connectivity index (χ0) is 22.8. The summed E-state index contributed by atoms with van der Waals surface area (Å²) in [5, 5.41) is 4.98. The van der Waals surface area contributed by atoms with E-state index in [1.165, 1.54) is 6.21 Å². The summed E-state index contributed by atoms with van der Waals surface area (Å²) in [6.07, 6.45) is 1.47. The molecule has 32 heavy (non-hydrogen) atoms. The quantitative estimate of drug-likeness (QED) is 0.312. The van der Waals surface area contributed by atoms with Crippen LogP contribution in [0.25, 0.3) is 0 Å². The number of hydrogen-bond acceptors (Lipinski definition) is 5. The fourth-order valence-electron chi connectivity index (χ4n) is 2.68. The van der Waals surface area contributed by atoms with Crippen LogP contribution >= 0.6 is 23.2 Å². The third kappa shape index (κ3) is 7.18. The second kappa shape index (κ2) is 12.0. The first-order valence-corrected chi connectivity index (χ1v) is 10.6. The van der Waals surface area contributed by atoms with E-state index in [2.05, 4.69) is 10.5 Å². The minimum Gasteiger partial charge on any atom is -0.490 e. The Morgan fingerprint density at radius 3 is 2.47 bits per heavy atom. The van der Waals surface area contributed by atoms with Gasteiger partial charge in [0, 0.05) is 5.02 Å². The number of nitrogens with one attached hydrogen (secondary N) is 1. The van der Waals surface area contributed by atoms with Crippen LogP contribution in [0, 0.1) is 0 Å². The van der Waals surface area contributed by atoms with Crippen molar-refractivity contribution in [1.29, 1.82) is 0 Å². The number of benzene rings is 3. The topological polar surface area (TPSA) is 69.2 Å². The smallest absolute Gasteiger partial charge is 0.277 e. The highest BCUT2D eigenvalue weighted by molar-refractivity contribution is 6.32. The van der Waals surface area contributed by atoms with E-state index < -0.39 is 0 Å². The number of ether oxygens (including phenoxy) is 3. The lowest BCUT2D eigenvalue weighted by atomic mass is 10.2. The molecule has 0 bridgehead atoms. The highest BCUT2D eigenvalue weighted by atomic mass is 35.5. The van der Waals surface area contributed by atoms with Gasteiger partial charge >= 0.3 is 0 Å². The van der Waals surface area contributed by atoms with E-state index in [1.54, 1.807) is 36.4 Å². The Hall–Kier alpha value is -3.22. The van der Waals surface area contributed by atoms with Crippen LogP contribution in [0.4, 0.5) is 0 Å². The van der Waals surface area contributed by atoms with Crippen LogP contribution in [0.5, 0.6) is 17.2 Å². The molecule has 3 aromatic rings. The molecule has 1 N–H and O–H groups in total. The van der Waals surface area contributed by atoms with Gasteiger partial charge in [0.1, 0.15) is 12.4 Å². The Kier molecular flexibility index (Phi) is 8.78. The van der Waals surface area contributed by atoms with Crippen molar-refractivity contribution in [3.05, 3.63) is 87.9 Å². The second-order valence-electron chi connectivity index (χ2n) is 6.57. The van der Waals surface area contributed by atoms with E-state index in [9.17, 15) is 4.79 Å². The zero-order valence-electron chi connectivity index (χ0n) is 17.4. The van der Waals surface area contributed by atoms with E-state index in [1.807, 2.05) is 37.3 Å². The van der Waals surface area contributed by atoms with Crippen molar-refractivity contribution in [3.8, 4) is 17.2 Å². The Balaban J connectivity index is 1.61. The highest BCUT2D eigenvalue weighted by Crippen LogP contribution is 2.37. The van der Waals surface area contributed by atoms with E-state index in [0.717, 1.165) is 5.56 Å². The Labute approximate surface area is 196 Å². The number of rotatable bonds is 10. The van der Waals surface area contributed by atoms with Gasteiger partial charge in [0.05, 0.1) is 17.8 Å². The third-order valence-corrected chi connectivity index (χ3v) is 4.68. The SMILES string of the molecule is CCOc1cc(/C=N\NC(=O)COc2ccccc2)cc(Cl)c1OCc1ccc(Cl)cc1. The maximum absolute atomic E-state index is 11.9. The zero-order valence-corrected chi connectivity index (χ0v) is 18.9. The summed E-state index contributed by atoms with van der Waals surface area (Å²) in [6, 6.07) is 19.8. The van der Waals surface area contributed by atoms with Crippen molar-refractivity contribution in [2.24, 2.45) is 5.10 Å². The number of nitrogens with zero attached hydrogens (tertiary/aromatic N) is 1. The van der Waals surface area contributed by atoms with Crippen LogP contribution in [0.1, 0.15) is 18.1 Å². The maximum Gasteiger partial charge on any atom is 0.277 e. The fraction of sp³-hybridized carbons (Fsp3) is 0.167. The molecule has 8 heteroatoms. The summed E-state index contributed by atoms with van der Waals surface area (Å²) in [5.74, 6) is 1.13. The van der Waals surface area contributed by atoms with Crippen LogP contribution in [0.2, 0.25) is 10.0 Å². The molecule has 0 aliphatic rings. The molecule has 0 saturated carbocycles. The second-order valence-corrected chi connectivity index (χ2v) is 7.42. The van der Waals surface area contributed by atoms with Crippen molar-refractivity contribution >= 4 is 35.3 Å². The Morgan fingerprint density at radius 1 is 1.00 bits per heavy atom. The van der Waals surface area contributed by atoms with Gasteiger partial charge in [0.15, 0.2) is 18.1 Å². The molecule has 166 valence electrons. The number of para-hydroxylation sites is 1. The third-order valence-electron chi connectivity index (χ3n) is 4.14. The van der Waals surface area contributed by atoms with Gasteiger partial charge in [0.2, 0.25) is 0 Å². The minimum absolute atomic E-state index is 0.149. The van der Waals surface area contributed by atoms with Gasteiger partial charge in [-0.25, -0.2) is 5.43 Å². The molecule has 0 heterocycles. The molecule has 0 radical (unpaired) electrons.